The van der Waals surface area contributed by atoms with Crippen molar-refractivity contribution in [1.82, 2.24) is 0 Å². The van der Waals surface area contributed by atoms with E-state index < -0.39 is 0 Å². The first-order valence-electron chi connectivity index (χ1n) is 3.86. The molecule has 15 heavy (non-hydrogen) atoms. The Hall–Kier alpha value is -2.03. The van der Waals surface area contributed by atoms with Crippen LogP contribution in [0.25, 0.3) is 5.57 Å². The van der Waals surface area contributed by atoms with Gasteiger partial charge in [-0.25, -0.2) is 0 Å². The van der Waals surface area contributed by atoms with Crippen molar-refractivity contribution in [3.05, 3.63) is 29.2 Å². The van der Waals surface area contributed by atoms with E-state index in [1.807, 2.05) is 0 Å². The normalized spacial score (nSPS) is 8.40. The van der Waals surface area contributed by atoms with Crippen molar-refractivity contribution < 1.29 is 4.42 Å². The molecule has 0 spiro atoms. The van der Waals surface area contributed by atoms with Crippen molar-refractivity contribution in [2.75, 3.05) is 0 Å². The lowest BCUT2D eigenvalue weighted by Crippen LogP contribution is -1.83. The molecule has 0 saturated heterocycles. The number of hydrogen-bond acceptors (Lipinski definition) is 4. The van der Waals surface area contributed by atoms with Crippen LogP contribution in [0.2, 0.25) is 0 Å². The molecule has 4 nitrogen and oxygen atoms in total. The molecule has 1 heterocycles. The van der Waals surface area contributed by atoms with Gasteiger partial charge in [0.05, 0.1) is 5.33 Å². The monoisotopic (exact) mass is 261 g/mol. The fourth-order valence-corrected chi connectivity index (χ4v) is 1.26. The molecule has 0 unspecified atom stereocenters. The Kier molecular flexibility index (Phi) is 3.68. The summed E-state index contributed by atoms with van der Waals surface area (Å²) in [6.45, 7) is 0. The first-order chi connectivity index (χ1) is 7.26. The van der Waals surface area contributed by atoms with Crippen LogP contribution >= 0.6 is 15.9 Å². The zero-order chi connectivity index (χ0) is 11.3. The predicted molar refractivity (Wildman–Crippen MR) is 55.1 cm³/mol. The largest absolute Gasteiger partial charge is 0.459 e. The van der Waals surface area contributed by atoms with E-state index in [0.29, 0.717) is 11.1 Å². The van der Waals surface area contributed by atoms with Gasteiger partial charge in [0.15, 0.2) is 5.57 Å². The third kappa shape index (κ3) is 2.26. The molecule has 0 aliphatic rings. The average Bonchev–Trinajstić information content (AvgIpc) is 2.73. The topological polar surface area (TPSA) is 84.5 Å². The van der Waals surface area contributed by atoms with Crippen LogP contribution in [0, 0.1) is 34.0 Å². The summed E-state index contributed by atoms with van der Waals surface area (Å²) in [5.74, 6) is 0.873. The van der Waals surface area contributed by atoms with Gasteiger partial charge in [0.2, 0.25) is 0 Å². The van der Waals surface area contributed by atoms with Gasteiger partial charge in [-0.05, 0) is 12.1 Å². The van der Waals surface area contributed by atoms with Crippen LogP contribution in [-0.2, 0) is 5.33 Å². The summed E-state index contributed by atoms with van der Waals surface area (Å²) in [6.07, 6.45) is 0. The molecule has 0 atom stereocenters. The van der Waals surface area contributed by atoms with E-state index in [1.54, 1.807) is 30.3 Å². The Bertz CT molecular complexity index is 506. The highest BCUT2D eigenvalue weighted by Gasteiger charge is 2.12. The van der Waals surface area contributed by atoms with Gasteiger partial charge in [-0.1, -0.05) is 15.9 Å². The summed E-state index contributed by atoms with van der Waals surface area (Å²) in [6, 6.07) is 8.32. The minimum absolute atomic E-state index is 0.0350. The second-order valence-corrected chi connectivity index (χ2v) is 3.05. The summed E-state index contributed by atoms with van der Waals surface area (Å²) >= 11 is 3.19. The molecule has 0 bridgehead atoms. The minimum Gasteiger partial charge on any atom is -0.459 e. The molecular formula is C10H4BrN3O. The molecule has 1 aromatic rings. The van der Waals surface area contributed by atoms with Gasteiger partial charge >= 0.3 is 0 Å². The number of furan rings is 1. The van der Waals surface area contributed by atoms with Crippen LogP contribution in [0.1, 0.15) is 11.5 Å². The Morgan fingerprint density at radius 1 is 1.20 bits per heavy atom. The smallest absolute Gasteiger partial charge is 0.151 e. The first kappa shape index (κ1) is 11.0. The average molecular weight is 262 g/mol. The maximum absolute atomic E-state index is 8.81. The lowest BCUT2D eigenvalue weighted by Gasteiger charge is -1.92. The fraction of sp³-hybridized carbons (Fsp3) is 0.100. The maximum Gasteiger partial charge on any atom is 0.151 e. The van der Waals surface area contributed by atoms with Gasteiger partial charge in [0.25, 0.3) is 0 Å². The molecule has 5 heteroatoms. The SMILES string of the molecule is N#CC(C#N)=C(C#N)c1ccc(CBr)o1. The number of nitrogens with zero attached hydrogens (tertiary/aromatic N) is 3. The van der Waals surface area contributed by atoms with E-state index in [4.69, 9.17) is 20.2 Å². The summed E-state index contributed by atoms with van der Waals surface area (Å²) in [4.78, 5) is 0. The van der Waals surface area contributed by atoms with Crippen molar-refractivity contribution in [1.29, 1.82) is 15.8 Å². The van der Waals surface area contributed by atoms with Crippen LogP contribution in [-0.4, -0.2) is 0 Å². The van der Waals surface area contributed by atoms with E-state index in [2.05, 4.69) is 15.9 Å². The predicted octanol–water partition coefficient (Wildman–Crippen LogP) is 2.50. The van der Waals surface area contributed by atoms with E-state index in [1.165, 1.54) is 0 Å². The Morgan fingerprint density at radius 3 is 2.27 bits per heavy atom. The molecule has 0 aliphatic heterocycles. The zero-order valence-electron chi connectivity index (χ0n) is 7.49. The third-order valence-electron chi connectivity index (χ3n) is 1.63. The summed E-state index contributed by atoms with van der Waals surface area (Å²) in [7, 11) is 0. The summed E-state index contributed by atoms with van der Waals surface area (Å²) in [5.41, 5.74) is -0.278. The van der Waals surface area contributed by atoms with Gasteiger partial charge in [-0.2, -0.15) is 15.8 Å². The summed E-state index contributed by atoms with van der Waals surface area (Å²) in [5, 5.41) is 26.6. The van der Waals surface area contributed by atoms with Crippen LogP contribution in [0.15, 0.2) is 22.1 Å². The van der Waals surface area contributed by atoms with Gasteiger partial charge in [0.1, 0.15) is 35.3 Å². The minimum atomic E-state index is -0.243. The molecule has 0 aliphatic carbocycles. The lowest BCUT2D eigenvalue weighted by atomic mass is 10.1. The number of allylic oxidation sites excluding steroid dienone is 2. The number of halogens is 1. The Balaban J connectivity index is 3.28. The van der Waals surface area contributed by atoms with Crippen molar-refractivity contribution >= 4 is 21.5 Å². The molecule has 1 aromatic heterocycles. The van der Waals surface area contributed by atoms with Crippen molar-refractivity contribution in [3.63, 3.8) is 0 Å². The number of nitriles is 3. The molecule has 0 saturated carbocycles. The van der Waals surface area contributed by atoms with Crippen LogP contribution in [0.4, 0.5) is 0 Å². The van der Waals surface area contributed by atoms with Crippen molar-refractivity contribution in [3.8, 4) is 18.2 Å². The molecule has 0 N–H and O–H groups in total. The lowest BCUT2D eigenvalue weighted by molar-refractivity contribution is 0.520. The quantitative estimate of drug-likeness (QED) is 0.605. The molecule has 1 rings (SSSR count). The zero-order valence-corrected chi connectivity index (χ0v) is 9.08. The Morgan fingerprint density at radius 2 is 1.87 bits per heavy atom. The maximum atomic E-state index is 8.81. The summed E-state index contributed by atoms with van der Waals surface area (Å²) < 4.78 is 5.24. The number of alkyl halides is 1. The third-order valence-corrected chi connectivity index (χ3v) is 2.18. The van der Waals surface area contributed by atoms with Gasteiger partial charge in [-0.15, -0.1) is 0 Å². The standard InChI is InChI=1S/C10H4BrN3O/c11-3-8-1-2-10(15-8)9(6-14)7(4-12)5-13/h1-2H,3H2. The van der Waals surface area contributed by atoms with Gasteiger partial charge in [-0.3, -0.25) is 0 Å². The molecule has 0 amide bonds. The van der Waals surface area contributed by atoms with Gasteiger partial charge in [0, 0.05) is 0 Å². The molecule has 72 valence electrons. The van der Waals surface area contributed by atoms with E-state index in [9.17, 15) is 0 Å². The second-order valence-electron chi connectivity index (χ2n) is 2.48. The molecule has 0 aromatic carbocycles. The fourth-order valence-electron chi connectivity index (χ4n) is 0.955. The highest BCUT2D eigenvalue weighted by atomic mass is 79.9. The number of rotatable bonds is 2. The van der Waals surface area contributed by atoms with E-state index in [0.717, 1.165) is 0 Å². The molecule has 0 fully saturated rings. The van der Waals surface area contributed by atoms with E-state index in [-0.39, 0.29) is 16.9 Å². The van der Waals surface area contributed by atoms with Crippen molar-refractivity contribution in [2.24, 2.45) is 0 Å². The Labute approximate surface area is 94.8 Å². The second kappa shape index (κ2) is 5.00. The van der Waals surface area contributed by atoms with E-state index >= 15 is 0 Å². The van der Waals surface area contributed by atoms with Crippen LogP contribution < -0.4 is 0 Å². The molecular weight excluding hydrogens is 258 g/mol. The highest BCUT2D eigenvalue weighted by molar-refractivity contribution is 9.08. The van der Waals surface area contributed by atoms with Gasteiger partial charge < -0.3 is 4.42 Å². The number of hydrogen-bond donors (Lipinski definition) is 0. The van der Waals surface area contributed by atoms with Crippen LogP contribution in [0.3, 0.4) is 0 Å². The molecule has 0 radical (unpaired) electrons. The highest BCUT2D eigenvalue weighted by Crippen LogP contribution is 2.21. The first-order valence-corrected chi connectivity index (χ1v) is 4.98. The van der Waals surface area contributed by atoms with Crippen molar-refractivity contribution in [2.45, 2.75) is 5.33 Å². The van der Waals surface area contributed by atoms with Crippen LogP contribution in [0.5, 0.6) is 0 Å².